The van der Waals surface area contributed by atoms with E-state index < -0.39 is 11.4 Å². The molecule has 0 saturated carbocycles. The van der Waals surface area contributed by atoms with Crippen molar-refractivity contribution in [3.05, 3.63) is 29.8 Å². The standard InChI is InChI=1S/C20H27N3O4/c1-20(18(25)26)10-13-23(14-20)19(27)21-16-7-4-15(5-8-16)6-9-17(24)22-11-2-3-12-22/h4-5,7-8H,2-3,6,9-14H2,1H3,(H,21,27)(H,25,26). The molecule has 3 rings (SSSR count). The molecule has 3 amide bonds. The summed E-state index contributed by atoms with van der Waals surface area (Å²) in [5.41, 5.74) is 0.849. The Kier molecular flexibility index (Phi) is 5.68. The maximum absolute atomic E-state index is 12.3. The predicted molar refractivity (Wildman–Crippen MR) is 102 cm³/mol. The number of hydrogen-bond acceptors (Lipinski definition) is 3. The van der Waals surface area contributed by atoms with E-state index >= 15 is 0 Å². The van der Waals surface area contributed by atoms with Crippen molar-refractivity contribution in [1.82, 2.24) is 9.80 Å². The average Bonchev–Trinajstić information content (AvgIpc) is 3.31. The van der Waals surface area contributed by atoms with Gasteiger partial charge in [0, 0.05) is 38.3 Å². The number of carbonyl (C=O) groups excluding carboxylic acids is 2. The predicted octanol–water partition coefficient (Wildman–Crippen LogP) is 2.57. The number of carbonyl (C=O) groups is 3. The number of amides is 3. The molecule has 146 valence electrons. The smallest absolute Gasteiger partial charge is 0.321 e. The minimum Gasteiger partial charge on any atom is -0.481 e. The summed E-state index contributed by atoms with van der Waals surface area (Å²) in [6.07, 6.45) is 3.85. The Balaban J connectivity index is 1.48. The van der Waals surface area contributed by atoms with Gasteiger partial charge >= 0.3 is 12.0 Å². The van der Waals surface area contributed by atoms with E-state index in [0.29, 0.717) is 31.5 Å². The van der Waals surface area contributed by atoms with Crippen molar-refractivity contribution >= 4 is 23.6 Å². The van der Waals surface area contributed by atoms with Crippen molar-refractivity contribution in [2.24, 2.45) is 5.41 Å². The summed E-state index contributed by atoms with van der Waals surface area (Å²) in [4.78, 5) is 39.2. The van der Waals surface area contributed by atoms with Gasteiger partial charge in [-0.25, -0.2) is 4.79 Å². The lowest BCUT2D eigenvalue weighted by Crippen LogP contribution is -2.37. The molecule has 1 aromatic rings. The van der Waals surface area contributed by atoms with Crippen LogP contribution < -0.4 is 5.32 Å². The van der Waals surface area contributed by atoms with Crippen molar-refractivity contribution in [2.45, 2.75) is 39.0 Å². The highest BCUT2D eigenvalue weighted by molar-refractivity contribution is 5.90. The van der Waals surface area contributed by atoms with Gasteiger partial charge in [0.25, 0.3) is 0 Å². The van der Waals surface area contributed by atoms with E-state index in [2.05, 4.69) is 5.32 Å². The fourth-order valence-corrected chi connectivity index (χ4v) is 3.64. The molecule has 2 heterocycles. The van der Waals surface area contributed by atoms with Gasteiger partial charge in [0.1, 0.15) is 0 Å². The van der Waals surface area contributed by atoms with Crippen LogP contribution in [0.4, 0.5) is 10.5 Å². The van der Waals surface area contributed by atoms with E-state index in [0.717, 1.165) is 31.5 Å². The Hall–Kier alpha value is -2.57. The number of rotatable bonds is 5. The van der Waals surface area contributed by atoms with Gasteiger partial charge < -0.3 is 20.2 Å². The number of aryl methyl sites for hydroxylation is 1. The molecule has 27 heavy (non-hydrogen) atoms. The molecule has 0 aromatic heterocycles. The largest absolute Gasteiger partial charge is 0.481 e. The van der Waals surface area contributed by atoms with E-state index in [1.54, 1.807) is 6.92 Å². The number of likely N-dealkylation sites (tertiary alicyclic amines) is 2. The van der Waals surface area contributed by atoms with E-state index in [-0.39, 0.29) is 18.5 Å². The van der Waals surface area contributed by atoms with Gasteiger partial charge in [-0.3, -0.25) is 9.59 Å². The van der Waals surface area contributed by atoms with Gasteiger partial charge in [0.05, 0.1) is 5.41 Å². The minimum atomic E-state index is -0.872. The number of benzene rings is 1. The first-order chi connectivity index (χ1) is 12.9. The molecule has 0 radical (unpaired) electrons. The summed E-state index contributed by atoms with van der Waals surface area (Å²) in [5, 5.41) is 12.1. The van der Waals surface area contributed by atoms with Crippen LogP contribution in [0, 0.1) is 5.41 Å². The van der Waals surface area contributed by atoms with Crippen LogP contribution in [0.25, 0.3) is 0 Å². The molecule has 2 saturated heterocycles. The summed E-state index contributed by atoms with van der Waals surface area (Å²) in [5.74, 6) is -0.661. The zero-order chi connectivity index (χ0) is 19.4. The second-order valence-electron chi connectivity index (χ2n) is 7.75. The summed E-state index contributed by atoms with van der Waals surface area (Å²) in [6, 6.07) is 7.19. The first-order valence-corrected chi connectivity index (χ1v) is 9.53. The van der Waals surface area contributed by atoms with Crippen molar-refractivity contribution in [3.8, 4) is 0 Å². The van der Waals surface area contributed by atoms with E-state index in [1.807, 2.05) is 29.2 Å². The highest BCUT2D eigenvalue weighted by atomic mass is 16.4. The SMILES string of the molecule is CC1(C(=O)O)CCN(C(=O)Nc2ccc(CCC(=O)N3CCCC3)cc2)C1. The van der Waals surface area contributed by atoms with Crippen LogP contribution in [0.15, 0.2) is 24.3 Å². The number of urea groups is 1. The topological polar surface area (TPSA) is 90.0 Å². The summed E-state index contributed by atoms with van der Waals surface area (Å²) in [6.45, 7) is 4.07. The lowest BCUT2D eigenvalue weighted by molar-refractivity contribution is -0.147. The molecule has 2 fully saturated rings. The van der Waals surface area contributed by atoms with Crippen LogP contribution in [0.3, 0.4) is 0 Å². The van der Waals surface area contributed by atoms with Crippen LogP contribution in [0.5, 0.6) is 0 Å². The lowest BCUT2D eigenvalue weighted by atomic mass is 9.90. The normalized spacial score (nSPS) is 22.1. The Morgan fingerprint density at radius 2 is 1.74 bits per heavy atom. The number of nitrogens with one attached hydrogen (secondary N) is 1. The van der Waals surface area contributed by atoms with Gasteiger partial charge in [0.2, 0.25) is 5.91 Å². The van der Waals surface area contributed by atoms with Crippen LogP contribution in [0.2, 0.25) is 0 Å². The molecule has 2 aliphatic heterocycles. The summed E-state index contributed by atoms with van der Waals surface area (Å²) < 4.78 is 0. The van der Waals surface area contributed by atoms with Crippen molar-refractivity contribution < 1.29 is 19.5 Å². The molecule has 1 atom stereocenters. The second-order valence-corrected chi connectivity index (χ2v) is 7.75. The van der Waals surface area contributed by atoms with Gasteiger partial charge in [-0.2, -0.15) is 0 Å². The minimum absolute atomic E-state index is 0.209. The van der Waals surface area contributed by atoms with Gasteiger partial charge in [-0.1, -0.05) is 12.1 Å². The molecule has 2 aliphatic rings. The third-order valence-electron chi connectivity index (χ3n) is 5.57. The van der Waals surface area contributed by atoms with Gasteiger partial charge in [0.15, 0.2) is 0 Å². The fourth-order valence-electron chi connectivity index (χ4n) is 3.64. The average molecular weight is 373 g/mol. The number of hydrogen-bond donors (Lipinski definition) is 2. The highest BCUT2D eigenvalue weighted by Gasteiger charge is 2.42. The molecule has 0 spiro atoms. The Labute approximate surface area is 159 Å². The van der Waals surface area contributed by atoms with Crippen molar-refractivity contribution in [3.63, 3.8) is 0 Å². The van der Waals surface area contributed by atoms with Crippen LogP contribution in [0.1, 0.15) is 38.2 Å². The number of carboxylic acids is 1. The first kappa shape index (κ1) is 19.2. The maximum Gasteiger partial charge on any atom is 0.321 e. The quantitative estimate of drug-likeness (QED) is 0.830. The Morgan fingerprint density at radius 1 is 1.07 bits per heavy atom. The summed E-state index contributed by atoms with van der Waals surface area (Å²) in [7, 11) is 0. The monoisotopic (exact) mass is 373 g/mol. The first-order valence-electron chi connectivity index (χ1n) is 9.53. The molecule has 7 heteroatoms. The number of anilines is 1. The number of nitrogens with zero attached hydrogens (tertiary/aromatic N) is 2. The van der Waals surface area contributed by atoms with Gasteiger partial charge in [-0.05, 0) is 50.3 Å². The number of aliphatic carboxylic acids is 1. The number of carboxylic acid groups (broad SMARTS) is 1. The van der Waals surface area contributed by atoms with E-state index in [4.69, 9.17) is 0 Å². The molecule has 2 N–H and O–H groups in total. The second kappa shape index (κ2) is 7.98. The molecule has 0 aliphatic carbocycles. The lowest BCUT2D eigenvalue weighted by Gasteiger charge is -2.20. The van der Waals surface area contributed by atoms with E-state index in [1.165, 1.54) is 4.90 Å². The third-order valence-corrected chi connectivity index (χ3v) is 5.57. The third kappa shape index (κ3) is 4.59. The zero-order valence-corrected chi connectivity index (χ0v) is 15.7. The highest BCUT2D eigenvalue weighted by Crippen LogP contribution is 2.30. The van der Waals surface area contributed by atoms with Crippen molar-refractivity contribution in [1.29, 1.82) is 0 Å². The van der Waals surface area contributed by atoms with Crippen molar-refractivity contribution in [2.75, 3.05) is 31.5 Å². The van der Waals surface area contributed by atoms with Crippen LogP contribution >= 0.6 is 0 Å². The van der Waals surface area contributed by atoms with Crippen LogP contribution in [-0.2, 0) is 16.0 Å². The molecule has 0 bridgehead atoms. The van der Waals surface area contributed by atoms with Gasteiger partial charge in [-0.15, -0.1) is 0 Å². The Morgan fingerprint density at radius 3 is 2.33 bits per heavy atom. The summed E-state index contributed by atoms with van der Waals surface area (Å²) >= 11 is 0. The van der Waals surface area contributed by atoms with Crippen LogP contribution in [-0.4, -0.2) is 59.0 Å². The molecule has 1 unspecified atom stereocenters. The van der Waals surface area contributed by atoms with E-state index in [9.17, 15) is 19.5 Å². The molecule has 7 nitrogen and oxygen atoms in total. The molecular weight excluding hydrogens is 346 g/mol. The fraction of sp³-hybridized carbons (Fsp3) is 0.550. The zero-order valence-electron chi connectivity index (χ0n) is 15.7. The Bertz CT molecular complexity index is 712. The maximum atomic E-state index is 12.3. The molecule has 1 aromatic carbocycles. The molecular formula is C20H27N3O4.